The topological polar surface area (TPSA) is 60.7 Å². The van der Waals surface area contributed by atoms with Crippen molar-refractivity contribution in [3.8, 4) is 0 Å². The first-order chi connectivity index (χ1) is 18.0. The van der Waals surface area contributed by atoms with Crippen LogP contribution in [0.15, 0.2) is 79.8 Å². The molecule has 3 aromatic carbocycles. The quantitative estimate of drug-likeness (QED) is 0.0996. The van der Waals surface area contributed by atoms with Crippen LogP contribution >= 0.6 is 23.5 Å². The summed E-state index contributed by atoms with van der Waals surface area (Å²) in [5.41, 5.74) is 4.17. The SMILES string of the molecule is CCCC/C(=N\OC(C)=O)C(=O)c1ccc2c(c1)c1cc(C=C3Sc4ccccc4S3)ccc1n2CC. The molecule has 0 aliphatic carbocycles. The molecule has 0 bridgehead atoms. The summed E-state index contributed by atoms with van der Waals surface area (Å²) in [6, 6.07) is 20.8. The van der Waals surface area contributed by atoms with E-state index in [1.165, 1.54) is 21.0 Å². The molecule has 1 aromatic heterocycles. The molecule has 0 amide bonds. The van der Waals surface area contributed by atoms with Gasteiger partial charge in [0.25, 0.3) is 0 Å². The molecule has 188 valence electrons. The summed E-state index contributed by atoms with van der Waals surface area (Å²) >= 11 is 3.59. The van der Waals surface area contributed by atoms with E-state index in [-0.39, 0.29) is 11.5 Å². The van der Waals surface area contributed by atoms with E-state index < -0.39 is 5.97 Å². The van der Waals surface area contributed by atoms with E-state index in [1.807, 2.05) is 25.1 Å². The third-order valence-electron chi connectivity index (χ3n) is 6.34. The van der Waals surface area contributed by atoms with E-state index in [2.05, 4.69) is 65.2 Å². The van der Waals surface area contributed by atoms with Gasteiger partial charge in [-0.15, -0.1) is 0 Å². The van der Waals surface area contributed by atoms with Gasteiger partial charge in [0.15, 0.2) is 0 Å². The Morgan fingerprint density at radius 2 is 1.62 bits per heavy atom. The first-order valence-electron chi connectivity index (χ1n) is 12.5. The third kappa shape index (κ3) is 5.24. The van der Waals surface area contributed by atoms with Gasteiger partial charge in [-0.25, -0.2) is 4.79 Å². The number of aromatic nitrogens is 1. The first-order valence-corrected chi connectivity index (χ1v) is 14.1. The number of oxime groups is 1. The fourth-order valence-corrected chi connectivity index (χ4v) is 6.98. The lowest BCUT2D eigenvalue weighted by molar-refractivity contribution is -0.140. The van der Waals surface area contributed by atoms with Crippen molar-refractivity contribution in [2.24, 2.45) is 5.16 Å². The van der Waals surface area contributed by atoms with Gasteiger partial charge < -0.3 is 9.40 Å². The molecule has 1 aliphatic rings. The molecule has 5 nitrogen and oxygen atoms in total. The Hall–Kier alpha value is -3.29. The lowest BCUT2D eigenvalue weighted by atomic mass is 10.0. The highest BCUT2D eigenvalue weighted by molar-refractivity contribution is 8.24. The van der Waals surface area contributed by atoms with Crippen LogP contribution in [0.3, 0.4) is 0 Å². The summed E-state index contributed by atoms with van der Waals surface area (Å²) in [6.07, 6.45) is 4.40. The molecule has 4 aromatic rings. The van der Waals surface area contributed by atoms with Gasteiger partial charge in [0.2, 0.25) is 5.78 Å². The van der Waals surface area contributed by atoms with Crippen LogP contribution < -0.4 is 0 Å². The van der Waals surface area contributed by atoms with Crippen LogP contribution in [0.25, 0.3) is 27.9 Å². The van der Waals surface area contributed by atoms with Crippen molar-refractivity contribution in [1.82, 2.24) is 4.57 Å². The van der Waals surface area contributed by atoms with E-state index >= 15 is 0 Å². The molecule has 0 spiro atoms. The maximum Gasteiger partial charge on any atom is 0.331 e. The van der Waals surface area contributed by atoms with Crippen LogP contribution in [0.4, 0.5) is 0 Å². The van der Waals surface area contributed by atoms with Crippen LogP contribution in [0.1, 0.15) is 56.0 Å². The van der Waals surface area contributed by atoms with E-state index in [1.54, 1.807) is 23.5 Å². The van der Waals surface area contributed by atoms with Crippen molar-refractivity contribution in [1.29, 1.82) is 0 Å². The highest BCUT2D eigenvalue weighted by Gasteiger charge is 2.19. The molecule has 0 saturated heterocycles. The average molecular weight is 529 g/mol. The zero-order valence-electron chi connectivity index (χ0n) is 21.1. The zero-order valence-corrected chi connectivity index (χ0v) is 22.7. The molecular weight excluding hydrogens is 500 g/mol. The number of benzene rings is 3. The van der Waals surface area contributed by atoms with Gasteiger partial charge in [-0.2, -0.15) is 0 Å². The van der Waals surface area contributed by atoms with Gasteiger partial charge in [0, 0.05) is 50.6 Å². The Balaban J connectivity index is 1.55. The number of rotatable bonds is 8. The summed E-state index contributed by atoms with van der Waals surface area (Å²) in [5, 5.41) is 6.03. The number of fused-ring (bicyclic) bond motifs is 4. The van der Waals surface area contributed by atoms with E-state index in [0.29, 0.717) is 12.0 Å². The number of ketones is 1. The number of hydrogen-bond acceptors (Lipinski definition) is 6. The number of thioether (sulfide) groups is 2. The molecule has 7 heteroatoms. The Bertz CT molecular complexity index is 1560. The van der Waals surface area contributed by atoms with E-state index in [4.69, 9.17) is 4.84 Å². The zero-order chi connectivity index (χ0) is 25.9. The number of aryl methyl sites for hydroxylation is 1. The number of hydrogen-bond donors (Lipinski definition) is 0. The number of nitrogens with zero attached hydrogens (tertiary/aromatic N) is 2. The molecule has 0 N–H and O–H groups in total. The minimum Gasteiger partial charge on any atom is -0.341 e. The molecule has 37 heavy (non-hydrogen) atoms. The predicted octanol–water partition coefficient (Wildman–Crippen LogP) is 8.30. The van der Waals surface area contributed by atoms with Gasteiger partial charge in [0.1, 0.15) is 5.71 Å². The summed E-state index contributed by atoms with van der Waals surface area (Å²) < 4.78 is 3.52. The van der Waals surface area contributed by atoms with Gasteiger partial charge in [-0.3, -0.25) is 4.79 Å². The van der Waals surface area contributed by atoms with E-state index in [0.717, 1.165) is 46.8 Å². The van der Waals surface area contributed by atoms with Crippen LogP contribution in [0, 0.1) is 0 Å². The van der Waals surface area contributed by atoms with Crippen LogP contribution in [-0.4, -0.2) is 22.0 Å². The first kappa shape index (κ1) is 25.4. The summed E-state index contributed by atoms with van der Waals surface area (Å²) in [6.45, 7) is 6.29. The second kappa shape index (κ2) is 11.0. The van der Waals surface area contributed by atoms with Crippen LogP contribution in [-0.2, 0) is 16.2 Å². The molecular formula is C30H28N2O3S2. The average Bonchev–Trinajstić information content (AvgIpc) is 3.45. The summed E-state index contributed by atoms with van der Waals surface area (Å²) in [5.74, 6) is -0.740. The van der Waals surface area contributed by atoms with Crippen LogP contribution in [0.5, 0.6) is 0 Å². The minimum absolute atomic E-state index is 0.205. The number of carbonyl (C=O) groups is 2. The van der Waals surface area contributed by atoms with Gasteiger partial charge in [-0.05, 0) is 73.9 Å². The number of unbranched alkanes of at least 4 members (excludes halogenated alkanes) is 1. The Morgan fingerprint density at radius 1 is 0.946 bits per heavy atom. The Morgan fingerprint density at radius 3 is 2.27 bits per heavy atom. The summed E-state index contributed by atoms with van der Waals surface area (Å²) in [7, 11) is 0. The number of Topliss-reactive ketones (excluding diaryl/α,β-unsaturated/α-hetero) is 1. The summed E-state index contributed by atoms with van der Waals surface area (Å²) in [4.78, 5) is 32.1. The minimum atomic E-state index is -0.536. The second-order valence-corrected chi connectivity index (χ2v) is 11.3. The lowest BCUT2D eigenvalue weighted by Crippen LogP contribution is -2.15. The third-order valence-corrected chi connectivity index (χ3v) is 8.75. The Kier molecular flexibility index (Phi) is 7.53. The fourth-order valence-electron chi connectivity index (χ4n) is 4.58. The standard InChI is InChI=1S/C30H28N2O3S2/c1-4-6-9-24(31-35-19(3)33)30(34)21-13-15-26-23(18-21)22-16-20(12-14-25(22)32(26)5-2)17-29-36-27-10-7-8-11-28(27)37-29/h7-8,10-18H,4-6,9H2,1-3H3/b31-24+. The largest absolute Gasteiger partial charge is 0.341 e. The normalized spacial score (nSPS) is 13.3. The molecule has 5 rings (SSSR count). The molecule has 1 aliphatic heterocycles. The van der Waals surface area contributed by atoms with Gasteiger partial charge in [-0.1, -0.05) is 60.2 Å². The van der Waals surface area contributed by atoms with Crippen molar-refractivity contribution in [3.63, 3.8) is 0 Å². The highest BCUT2D eigenvalue weighted by atomic mass is 32.2. The van der Waals surface area contributed by atoms with Crippen molar-refractivity contribution in [2.45, 2.75) is 56.4 Å². The Labute approximate surface area is 224 Å². The maximum absolute atomic E-state index is 13.4. The van der Waals surface area contributed by atoms with Gasteiger partial charge >= 0.3 is 5.97 Å². The maximum atomic E-state index is 13.4. The monoisotopic (exact) mass is 528 g/mol. The number of carbonyl (C=O) groups excluding carboxylic acids is 2. The predicted molar refractivity (Wildman–Crippen MR) is 154 cm³/mol. The van der Waals surface area contributed by atoms with Gasteiger partial charge in [0.05, 0.1) is 4.24 Å². The van der Waals surface area contributed by atoms with E-state index in [9.17, 15) is 9.59 Å². The second-order valence-electron chi connectivity index (χ2n) is 8.92. The van der Waals surface area contributed by atoms with Crippen molar-refractivity contribution >= 4 is 68.9 Å². The van der Waals surface area contributed by atoms with Crippen molar-refractivity contribution in [2.75, 3.05) is 0 Å². The van der Waals surface area contributed by atoms with Crippen molar-refractivity contribution in [3.05, 3.63) is 76.0 Å². The lowest BCUT2D eigenvalue weighted by Gasteiger charge is -2.06. The molecule has 2 heterocycles. The molecule has 0 radical (unpaired) electrons. The molecule has 0 unspecified atom stereocenters. The smallest absolute Gasteiger partial charge is 0.331 e. The molecule has 0 saturated carbocycles. The molecule has 0 atom stereocenters. The molecule has 0 fully saturated rings. The van der Waals surface area contributed by atoms with Crippen molar-refractivity contribution < 1.29 is 14.4 Å². The fraction of sp³-hybridized carbons (Fsp3) is 0.233. The van der Waals surface area contributed by atoms with Crippen LogP contribution in [0.2, 0.25) is 0 Å². The highest BCUT2D eigenvalue weighted by Crippen LogP contribution is 2.51.